The molecule has 0 aromatic heterocycles. The van der Waals surface area contributed by atoms with Gasteiger partial charge in [-0.2, -0.15) is 26.3 Å². The van der Waals surface area contributed by atoms with Gasteiger partial charge in [0.15, 0.2) is 0 Å². The maximum absolute atomic E-state index is 12.4. The topological polar surface area (TPSA) is 43.1 Å². The van der Waals surface area contributed by atoms with E-state index >= 15 is 0 Å². The number of hydrogen-bond donors (Lipinski definition) is 1. The molecule has 0 saturated carbocycles. The molecular formula is C11H9F6NO. The van der Waals surface area contributed by atoms with Crippen LogP contribution in [0.25, 0.3) is 0 Å². The fourth-order valence-corrected chi connectivity index (χ4v) is 1.55. The van der Waals surface area contributed by atoms with Gasteiger partial charge in [0.2, 0.25) is 5.91 Å². The van der Waals surface area contributed by atoms with Crippen molar-refractivity contribution < 1.29 is 31.1 Å². The highest BCUT2D eigenvalue weighted by Gasteiger charge is 2.37. The van der Waals surface area contributed by atoms with E-state index in [1.165, 1.54) is 0 Å². The molecule has 1 unspecified atom stereocenters. The molecular weight excluding hydrogens is 276 g/mol. The third kappa shape index (κ3) is 4.46. The lowest BCUT2D eigenvalue weighted by Gasteiger charge is -2.17. The second kappa shape index (κ2) is 5.10. The standard InChI is InChI=1S/C11H9F6NO/c12-10(13,14)5-8(9(18)19)6-2-1-3-7(4-6)11(15,16)17/h1-4,8H,5H2,(H2,18,19). The maximum atomic E-state index is 12.4. The van der Waals surface area contributed by atoms with Crippen LogP contribution in [0, 0.1) is 0 Å². The lowest BCUT2D eigenvalue weighted by Crippen LogP contribution is -2.26. The van der Waals surface area contributed by atoms with Gasteiger partial charge in [-0.3, -0.25) is 4.79 Å². The zero-order valence-corrected chi connectivity index (χ0v) is 9.35. The predicted molar refractivity (Wildman–Crippen MR) is 54.1 cm³/mol. The molecule has 19 heavy (non-hydrogen) atoms. The second-order valence-electron chi connectivity index (χ2n) is 3.90. The smallest absolute Gasteiger partial charge is 0.369 e. The molecule has 2 N–H and O–H groups in total. The Labute approximate surface area is 104 Å². The van der Waals surface area contributed by atoms with Gasteiger partial charge in [-0.05, 0) is 11.6 Å². The molecule has 1 atom stereocenters. The number of carbonyl (C=O) groups is 1. The SMILES string of the molecule is NC(=O)C(CC(F)(F)F)c1cccc(C(F)(F)F)c1. The Morgan fingerprint density at radius 2 is 1.74 bits per heavy atom. The Hall–Kier alpha value is -1.73. The lowest BCUT2D eigenvalue weighted by atomic mass is 9.93. The summed E-state index contributed by atoms with van der Waals surface area (Å²) in [5.74, 6) is -3.15. The zero-order valence-electron chi connectivity index (χ0n) is 9.35. The highest BCUT2D eigenvalue weighted by Crippen LogP contribution is 2.34. The van der Waals surface area contributed by atoms with Crippen molar-refractivity contribution in [2.75, 3.05) is 0 Å². The Bertz CT molecular complexity index is 465. The fraction of sp³-hybridized carbons (Fsp3) is 0.364. The Kier molecular flexibility index (Phi) is 4.12. The van der Waals surface area contributed by atoms with E-state index in [-0.39, 0.29) is 0 Å². The molecule has 1 aromatic rings. The van der Waals surface area contributed by atoms with Crippen LogP contribution in [0.2, 0.25) is 0 Å². The first-order valence-electron chi connectivity index (χ1n) is 5.04. The maximum Gasteiger partial charge on any atom is 0.416 e. The van der Waals surface area contributed by atoms with Crippen LogP contribution in [-0.4, -0.2) is 12.1 Å². The summed E-state index contributed by atoms with van der Waals surface area (Å²) in [6, 6.07) is 3.15. The van der Waals surface area contributed by atoms with Crippen LogP contribution in [0.4, 0.5) is 26.3 Å². The van der Waals surface area contributed by atoms with Gasteiger partial charge in [0, 0.05) is 0 Å². The summed E-state index contributed by atoms with van der Waals surface area (Å²) in [4.78, 5) is 11.0. The van der Waals surface area contributed by atoms with Gasteiger partial charge >= 0.3 is 12.4 Å². The minimum Gasteiger partial charge on any atom is -0.369 e. The van der Waals surface area contributed by atoms with Crippen molar-refractivity contribution in [1.29, 1.82) is 0 Å². The summed E-state index contributed by atoms with van der Waals surface area (Å²) in [5, 5.41) is 0. The van der Waals surface area contributed by atoms with E-state index in [1.807, 2.05) is 0 Å². The van der Waals surface area contributed by atoms with Gasteiger partial charge in [0.25, 0.3) is 0 Å². The van der Waals surface area contributed by atoms with Crippen LogP contribution in [0.15, 0.2) is 24.3 Å². The number of nitrogens with two attached hydrogens (primary N) is 1. The molecule has 106 valence electrons. The van der Waals surface area contributed by atoms with Crippen molar-refractivity contribution in [3.05, 3.63) is 35.4 Å². The van der Waals surface area contributed by atoms with Gasteiger partial charge in [-0.1, -0.05) is 18.2 Å². The second-order valence-corrected chi connectivity index (χ2v) is 3.90. The minimum absolute atomic E-state index is 0.403. The van der Waals surface area contributed by atoms with Crippen LogP contribution in [0.3, 0.4) is 0 Å². The average Bonchev–Trinajstić information content (AvgIpc) is 2.23. The average molecular weight is 285 g/mol. The fourth-order valence-electron chi connectivity index (χ4n) is 1.55. The van der Waals surface area contributed by atoms with Crippen LogP contribution >= 0.6 is 0 Å². The molecule has 8 heteroatoms. The quantitative estimate of drug-likeness (QED) is 0.851. The molecule has 0 radical (unpaired) electrons. The van der Waals surface area contributed by atoms with Crippen molar-refractivity contribution in [2.45, 2.75) is 24.7 Å². The molecule has 0 saturated heterocycles. The molecule has 1 amide bonds. The third-order valence-electron chi connectivity index (χ3n) is 2.40. The van der Waals surface area contributed by atoms with Gasteiger partial charge < -0.3 is 5.73 Å². The molecule has 0 spiro atoms. The van der Waals surface area contributed by atoms with Crippen LogP contribution in [0.5, 0.6) is 0 Å². The van der Waals surface area contributed by atoms with Crippen LogP contribution in [-0.2, 0) is 11.0 Å². The molecule has 0 aliphatic rings. The number of alkyl halides is 6. The van der Waals surface area contributed by atoms with Crippen molar-refractivity contribution in [3.8, 4) is 0 Å². The van der Waals surface area contributed by atoms with Crippen molar-refractivity contribution >= 4 is 5.91 Å². The summed E-state index contributed by atoms with van der Waals surface area (Å²) in [6.45, 7) is 0. The number of benzene rings is 1. The van der Waals surface area contributed by atoms with Gasteiger partial charge in [0.05, 0.1) is 17.9 Å². The summed E-state index contributed by atoms with van der Waals surface area (Å²) < 4.78 is 74.1. The third-order valence-corrected chi connectivity index (χ3v) is 2.40. The van der Waals surface area contributed by atoms with E-state index in [0.717, 1.165) is 12.1 Å². The highest BCUT2D eigenvalue weighted by atomic mass is 19.4. The molecule has 2 nitrogen and oxygen atoms in total. The number of carbonyl (C=O) groups excluding carboxylic acids is 1. The van der Waals surface area contributed by atoms with E-state index in [4.69, 9.17) is 5.73 Å². The molecule has 0 aliphatic heterocycles. The minimum atomic E-state index is -4.70. The Morgan fingerprint density at radius 3 is 2.16 bits per heavy atom. The molecule has 0 aliphatic carbocycles. The van der Waals surface area contributed by atoms with Crippen molar-refractivity contribution in [1.82, 2.24) is 0 Å². The summed E-state index contributed by atoms with van der Waals surface area (Å²) in [6.07, 6.45) is -11.0. The molecule has 1 aromatic carbocycles. The summed E-state index contributed by atoms with van der Waals surface area (Å²) in [7, 11) is 0. The number of amides is 1. The van der Waals surface area contributed by atoms with Crippen LogP contribution in [0.1, 0.15) is 23.5 Å². The molecule has 0 heterocycles. The summed E-state index contributed by atoms with van der Waals surface area (Å²) in [5.41, 5.74) is 3.29. The lowest BCUT2D eigenvalue weighted by molar-refractivity contribution is -0.146. The van der Waals surface area contributed by atoms with Crippen molar-refractivity contribution in [3.63, 3.8) is 0 Å². The van der Waals surface area contributed by atoms with E-state index in [0.29, 0.717) is 12.1 Å². The largest absolute Gasteiger partial charge is 0.416 e. The first-order chi connectivity index (χ1) is 8.50. The van der Waals surface area contributed by atoms with Gasteiger partial charge in [-0.25, -0.2) is 0 Å². The molecule has 0 bridgehead atoms. The van der Waals surface area contributed by atoms with E-state index < -0.39 is 41.7 Å². The molecule has 1 rings (SSSR count). The van der Waals surface area contributed by atoms with Crippen LogP contribution < -0.4 is 5.73 Å². The first kappa shape index (κ1) is 15.3. The zero-order chi connectivity index (χ0) is 14.8. The van der Waals surface area contributed by atoms with Gasteiger partial charge in [0.1, 0.15) is 0 Å². The first-order valence-corrected chi connectivity index (χ1v) is 5.04. The predicted octanol–water partition coefficient (Wildman–Crippen LogP) is 3.23. The van der Waals surface area contributed by atoms with Gasteiger partial charge in [-0.15, -0.1) is 0 Å². The number of halogens is 6. The van der Waals surface area contributed by atoms with E-state index in [1.54, 1.807) is 0 Å². The Morgan fingerprint density at radius 1 is 1.16 bits per heavy atom. The monoisotopic (exact) mass is 285 g/mol. The summed E-state index contributed by atoms with van der Waals surface area (Å²) >= 11 is 0. The van der Waals surface area contributed by atoms with E-state index in [9.17, 15) is 31.1 Å². The number of rotatable bonds is 3. The normalized spacial score (nSPS) is 14.2. The Balaban J connectivity index is 3.14. The van der Waals surface area contributed by atoms with Crippen molar-refractivity contribution in [2.24, 2.45) is 5.73 Å². The molecule has 0 fully saturated rings. The highest BCUT2D eigenvalue weighted by molar-refractivity contribution is 5.82. The number of hydrogen-bond acceptors (Lipinski definition) is 1. The number of primary amides is 1. The van der Waals surface area contributed by atoms with E-state index in [2.05, 4.69) is 0 Å².